The summed E-state index contributed by atoms with van der Waals surface area (Å²) in [7, 11) is 1.62. The van der Waals surface area contributed by atoms with Crippen LogP contribution in [0.2, 0.25) is 0 Å². The highest BCUT2D eigenvalue weighted by Crippen LogP contribution is 2.10. The first-order valence-corrected chi connectivity index (χ1v) is 3.80. The molecule has 0 atom stereocenters. The molecule has 1 aromatic rings. The molecule has 0 fully saturated rings. The molecule has 0 aliphatic carbocycles. The van der Waals surface area contributed by atoms with E-state index in [2.05, 4.69) is 17.2 Å². The fourth-order valence-corrected chi connectivity index (χ4v) is 0.935. The van der Waals surface area contributed by atoms with Gasteiger partial charge in [0.15, 0.2) is 0 Å². The van der Waals surface area contributed by atoms with Crippen molar-refractivity contribution in [1.29, 1.82) is 0 Å². The van der Waals surface area contributed by atoms with Crippen LogP contribution in [0.15, 0.2) is 28.7 Å². The number of benzene rings is 1. The Hall–Kier alpha value is -1.16. The first-order valence-electron chi connectivity index (χ1n) is 3.40. The third-order valence-electron chi connectivity index (χ3n) is 1.49. The Morgan fingerprint density at radius 3 is 2.42 bits per heavy atom. The number of amidine groups is 1. The van der Waals surface area contributed by atoms with Gasteiger partial charge in [0.1, 0.15) is 11.6 Å². The molecule has 64 valence electrons. The highest BCUT2D eigenvalue weighted by Gasteiger charge is 1.96. The third kappa shape index (κ3) is 1.92. The Bertz CT molecular complexity index is 282. The quantitative estimate of drug-likeness (QED) is 0.411. The predicted octanol–water partition coefficient (Wildman–Crippen LogP) is 1.25. The van der Waals surface area contributed by atoms with E-state index in [0.717, 1.165) is 11.3 Å². The van der Waals surface area contributed by atoms with Gasteiger partial charge >= 0.3 is 0 Å². The fourth-order valence-electron chi connectivity index (χ4n) is 0.820. The molecule has 0 aliphatic rings. The molecule has 0 saturated heterocycles. The topological polar surface area (TPSA) is 47.6 Å². The summed E-state index contributed by atoms with van der Waals surface area (Å²) in [6, 6.07) is 7.30. The Balaban J connectivity index is 2.92. The van der Waals surface area contributed by atoms with Crippen LogP contribution < -0.4 is 10.5 Å². The molecule has 0 radical (unpaired) electrons. The number of nitrogens with two attached hydrogens (primary N) is 1. The number of hydrogen-bond acceptors (Lipinski definition) is 3. The summed E-state index contributed by atoms with van der Waals surface area (Å²) in [6.07, 6.45) is 0. The average Bonchev–Trinajstić information content (AvgIpc) is 2.17. The molecule has 12 heavy (non-hydrogen) atoms. The molecule has 0 spiro atoms. The first-order chi connectivity index (χ1) is 5.77. The second-order valence-electron chi connectivity index (χ2n) is 2.21. The van der Waals surface area contributed by atoms with Crippen LogP contribution in [0, 0.1) is 0 Å². The Kier molecular flexibility index (Phi) is 2.99. The third-order valence-corrected chi connectivity index (χ3v) is 1.71. The van der Waals surface area contributed by atoms with Crippen molar-refractivity contribution in [2.45, 2.75) is 0 Å². The van der Waals surface area contributed by atoms with E-state index in [-0.39, 0.29) is 0 Å². The van der Waals surface area contributed by atoms with Gasteiger partial charge in [-0.15, -0.1) is 0 Å². The van der Waals surface area contributed by atoms with Crippen LogP contribution in [0.4, 0.5) is 0 Å². The van der Waals surface area contributed by atoms with Crippen LogP contribution in [-0.2, 0) is 0 Å². The summed E-state index contributed by atoms with van der Waals surface area (Å²) in [4.78, 5) is 0. The minimum absolute atomic E-state index is 0.404. The average molecular weight is 182 g/mol. The van der Waals surface area contributed by atoms with Gasteiger partial charge < -0.3 is 10.5 Å². The van der Waals surface area contributed by atoms with Crippen LogP contribution in [0.5, 0.6) is 5.75 Å². The van der Waals surface area contributed by atoms with Gasteiger partial charge in [-0.25, -0.2) is 4.40 Å². The van der Waals surface area contributed by atoms with Gasteiger partial charge in [-0.05, 0) is 37.1 Å². The molecular formula is C8H10N2OS. The van der Waals surface area contributed by atoms with Gasteiger partial charge in [0, 0.05) is 5.56 Å². The minimum atomic E-state index is 0.404. The van der Waals surface area contributed by atoms with Gasteiger partial charge in [0.2, 0.25) is 0 Å². The molecule has 2 N–H and O–H groups in total. The molecule has 0 amide bonds. The Labute approximate surface area is 76.8 Å². The maximum absolute atomic E-state index is 5.52. The number of hydrogen-bond donors (Lipinski definition) is 2. The van der Waals surface area contributed by atoms with Crippen molar-refractivity contribution in [2.24, 2.45) is 10.1 Å². The Morgan fingerprint density at radius 1 is 1.42 bits per heavy atom. The lowest BCUT2D eigenvalue weighted by atomic mass is 10.2. The lowest BCUT2D eigenvalue weighted by Crippen LogP contribution is -2.11. The number of nitrogens with zero attached hydrogens (tertiary/aromatic N) is 1. The molecular weight excluding hydrogens is 172 g/mol. The predicted molar refractivity (Wildman–Crippen MR) is 52.7 cm³/mol. The normalized spacial score (nSPS) is 11.3. The summed E-state index contributed by atoms with van der Waals surface area (Å²) in [5.41, 5.74) is 6.36. The number of rotatable bonds is 2. The van der Waals surface area contributed by atoms with Gasteiger partial charge in [-0.2, -0.15) is 0 Å². The van der Waals surface area contributed by atoms with Crippen molar-refractivity contribution in [1.82, 2.24) is 0 Å². The maximum atomic E-state index is 5.52. The van der Waals surface area contributed by atoms with Crippen LogP contribution in [0.1, 0.15) is 5.56 Å². The number of ether oxygens (including phenoxy) is 1. The van der Waals surface area contributed by atoms with Gasteiger partial charge in [0.05, 0.1) is 7.11 Å². The lowest BCUT2D eigenvalue weighted by Gasteiger charge is -2.01. The van der Waals surface area contributed by atoms with E-state index < -0.39 is 0 Å². The van der Waals surface area contributed by atoms with E-state index in [4.69, 9.17) is 10.5 Å². The zero-order valence-corrected chi connectivity index (χ0v) is 7.58. The molecule has 0 saturated carbocycles. The van der Waals surface area contributed by atoms with Gasteiger partial charge in [-0.3, -0.25) is 0 Å². The summed E-state index contributed by atoms with van der Waals surface area (Å²) in [5, 5.41) is 0. The van der Waals surface area contributed by atoms with Crippen molar-refractivity contribution < 1.29 is 4.74 Å². The zero-order valence-electron chi connectivity index (χ0n) is 6.69. The lowest BCUT2D eigenvalue weighted by molar-refractivity contribution is 0.415. The highest BCUT2D eigenvalue weighted by atomic mass is 32.1. The summed E-state index contributed by atoms with van der Waals surface area (Å²) in [5.74, 6) is 1.20. The van der Waals surface area contributed by atoms with Crippen molar-refractivity contribution in [3.63, 3.8) is 0 Å². The van der Waals surface area contributed by atoms with Crippen molar-refractivity contribution in [2.75, 3.05) is 7.11 Å². The summed E-state index contributed by atoms with van der Waals surface area (Å²) in [6.45, 7) is 0. The molecule has 0 bridgehead atoms. The van der Waals surface area contributed by atoms with Gasteiger partial charge in [-0.1, -0.05) is 0 Å². The number of methoxy groups -OCH3 is 1. The van der Waals surface area contributed by atoms with Crippen LogP contribution >= 0.6 is 12.8 Å². The molecule has 0 unspecified atom stereocenters. The summed E-state index contributed by atoms with van der Waals surface area (Å²) < 4.78 is 8.55. The van der Waals surface area contributed by atoms with Crippen molar-refractivity contribution >= 4 is 18.7 Å². The molecule has 0 aliphatic heterocycles. The van der Waals surface area contributed by atoms with Crippen molar-refractivity contribution in [3.8, 4) is 5.75 Å². The van der Waals surface area contributed by atoms with Crippen LogP contribution in [0.3, 0.4) is 0 Å². The Morgan fingerprint density at radius 2 is 2.00 bits per heavy atom. The molecule has 0 aromatic heterocycles. The second kappa shape index (κ2) is 4.01. The van der Waals surface area contributed by atoms with E-state index in [1.807, 2.05) is 24.3 Å². The van der Waals surface area contributed by atoms with Crippen LogP contribution in [0.25, 0.3) is 0 Å². The monoisotopic (exact) mass is 182 g/mol. The molecule has 1 aromatic carbocycles. The standard InChI is InChI=1S/C8H10N2OS/c1-11-7-4-2-6(3-5-7)8(9)10-12/h2-5,12H,1H3,(H2,9,10). The fraction of sp³-hybridized carbons (Fsp3) is 0.125. The molecule has 1 rings (SSSR count). The van der Waals surface area contributed by atoms with E-state index in [0.29, 0.717) is 5.84 Å². The molecule has 3 nitrogen and oxygen atoms in total. The largest absolute Gasteiger partial charge is 0.497 e. The van der Waals surface area contributed by atoms with E-state index in [9.17, 15) is 0 Å². The van der Waals surface area contributed by atoms with E-state index in [1.54, 1.807) is 7.11 Å². The maximum Gasteiger partial charge on any atom is 0.138 e. The van der Waals surface area contributed by atoms with Gasteiger partial charge in [0.25, 0.3) is 0 Å². The second-order valence-corrected chi connectivity index (χ2v) is 2.41. The van der Waals surface area contributed by atoms with Crippen LogP contribution in [-0.4, -0.2) is 12.9 Å². The molecule has 4 heteroatoms. The van der Waals surface area contributed by atoms with Crippen molar-refractivity contribution in [3.05, 3.63) is 29.8 Å². The number of thiol groups is 1. The highest BCUT2D eigenvalue weighted by molar-refractivity contribution is 7.79. The van der Waals surface area contributed by atoms with E-state index in [1.165, 1.54) is 0 Å². The minimum Gasteiger partial charge on any atom is -0.497 e. The smallest absolute Gasteiger partial charge is 0.138 e. The SMILES string of the molecule is COc1ccc(C(N)=NS)cc1. The van der Waals surface area contributed by atoms with E-state index >= 15 is 0 Å². The zero-order chi connectivity index (χ0) is 8.97. The first kappa shape index (κ1) is 8.93. The molecule has 0 heterocycles. The summed E-state index contributed by atoms with van der Waals surface area (Å²) >= 11 is 3.71.